The van der Waals surface area contributed by atoms with Crippen LogP contribution in [-0.4, -0.2) is 5.78 Å². The normalized spacial score (nSPS) is 12.0. The van der Waals surface area contributed by atoms with E-state index in [1.54, 1.807) is 12.1 Å². The predicted molar refractivity (Wildman–Crippen MR) is 80.1 cm³/mol. The monoisotopic (exact) mass is 275 g/mol. The van der Waals surface area contributed by atoms with E-state index in [0.29, 0.717) is 16.7 Å². The number of furan rings is 1. The Bertz CT molecular complexity index is 855. The second kappa shape index (κ2) is 5.26. The minimum Gasteiger partial charge on any atom is -0.464 e. The molecule has 0 N–H and O–H groups in total. The highest BCUT2D eigenvalue weighted by atomic mass is 16.3. The summed E-state index contributed by atoms with van der Waals surface area (Å²) in [7, 11) is 0. The fraction of sp³-hybridized carbons (Fsp3) is 0.111. The maximum Gasteiger partial charge on any atom is 0.188 e. The fourth-order valence-corrected chi connectivity index (χ4v) is 2.46. The molecule has 0 radical (unpaired) electrons. The number of hydrogen-bond acceptors (Lipinski definition) is 3. The van der Waals surface area contributed by atoms with Gasteiger partial charge in [-0.2, -0.15) is 5.26 Å². The molecule has 0 unspecified atom stereocenters. The van der Waals surface area contributed by atoms with E-state index < -0.39 is 5.92 Å². The van der Waals surface area contributed by atoms with E-state index in [1.807, 2.05) is 43.3 Å². The molecule has 1 aromatic heterocycles. The maximum atomic E-state index is 12.7. The molecular weight excluding hydrogens is 262 g/mol. The fourth-order valence-electron chi connectivity index (χ4n) is 2.46. The topological polar surface area (TPSA) is 54.0 Å². The Hall–Kier alpha value is -2.86. The zero-order chi connectivity index (χ0) is 14.8. The van der Waals surface area contributed by atoms with Crippen LogP contribution in [0.4, 0.5) is 0 Å². The predicted octanol–water partition coefficient (Wildman–Crippen LogP) is 4.23. The van der Waals surface area contributed by atoms with Gasteiger partial charge in [0.1, 0.15) is 17.8 Å². The number of fused-ring (bicyclic) bond motifs is 1. The first-order valence-corrected chi connectivity index (χ1v) is 6.67. The summed E-state index contributed by atoms with van der Waals surface area (Å²) in [5.74, 6) is -1.04. The van der Waals surface area contributed by atoms with Crippen molar-refractivity contribution < 1.29 is 9.21 Å². The molecule has 0 aliphatic rings. The summed E-state index contributed by atoms with van der Waals surface area (Å²) < 4.78 is 5.39. The van der Waals surface area contributed by atoms with Gasteiger partial charge in [-0.25, -0.2) is 0 Å². The second-order valence-corrected chi connectivity index (χ2v) is 4.99. The largest absolute Gasteiger partial charge is 0.464 e. The van der Waals surface area contributed by atoms with Gasteiger partial charge in [0.15, 0.2) is 5.78 Å². The van der Waals surface area contributed by atoms with E-state index >= 15 is 0 Å². The van der Waals surface area contributed by atoms with Crippen LogP contribution >= 0.6 is 0 Å². The Morgan fingerprint density at radius 3 is 2.76 bits per heavy atom. The number of nitriles is 1. The minimum absolute atomic E-state index is 0.229. The lowest BCUT2D eigenvalue weighted by Gasteiger charge is -2.08. The van der Waals surface area contributed by atoms with Crippen molar-refractivity contribution in [2.45, 2.75) is 12.8 Å². The molecule has 3 rings (SSSR count). The number of carbonyl (C=O) groups is 1. The van der Waals surface area contributed by atoms with Crippen molar-refractivity contribution in [3.8, 4) is 6.07 Å². The van der Waals surface area contributed by atoms with Crippen LogP contribution in [0, 0.1) is 18.3 Å². The van der Waals surface area contributed by atoms with E-state index in [-0.39, 0.29) is 5.78 Å². The molecular formula is C18H13NO2. The van der Waals surface area contributed by atoms with Crippen molar-refractivity contribution >= 4 is 16.8 Å². The molecule has 0 spiro atoms. The van der Waals surface area contributed by atoms with Gasteiger partial charge in [0, 0.05) is 5.39 Å². The molecule has 1 atom stereocenters. The Kier molecular flexibility index (Phi) is 3.29. The first-order valence-electron chi connectivity index (χ1n) is 6.67. The SMILES string of the molecule is Cc1cccc([C@@H](C#N)C(=O)c2coc3ccccc23)c1. The number of rotatable bonds is 3. The quantitative estimate of drug-likeness (QED) is 0.672. The van der Waals surface area contributed by atoms with Gasteiger partial charge in [-0.1, -0.05) is 48.0 Å². The molecule has 0 amide bonds. The molecule has 3 nitrogen and oxygen atoms in total. The molecule has 3 heteroatoms. The van der Waals surface area contributed by atoms with Crippen molar-refractivity contribution in [1.82, 2.24) is 0 Å². The maximum absolute atomic E-state index is 12.7. The molecule has 0 aliphatic carbocycles. The van der Waals surface area contributed by atoms with Crippen LogP contribution in [0.25, 0.3) is 11.0 Å². The van der Waals surface area contributed by atoms with Gasteiger partial charge in [0.05, 0.1) is 11.6 Å². The van der Waals surface area contributed by atoms with Crippen LogP contribution in [0.1, 0.15) is 27.4 Å². The van der Waals surface area contributed by atoms with Crippen molar-refractivity contribution in [3.63, 3.8) is 0 Å². The molecule has 0 saturated carbocycles. The standard InChI is InChI=1S/C18H13NO2/c1-12-5-4-6-13(9-12)15(10-19)18(20)16-11-21-17-8-3-2-7-14(16)17/h2-9,11,15H,1H3/t15-/m1/s1. The first-order chi connectivity index (χ1) is 10.2. The van der Waals surface area contributed by atoms with E-state index in [9.17, 15) is 10.1 Å². The molecule has 0 fully saturated rings. The number of benzene rings is 2. The molecule has 2 aromatic carbocycles. The molecule has 0 saturated heterocycles. The number of nitrogens with zero attached hydrogens (tertiary/aromatic N) is 1. The Morgan fingerprint density at radius 1 is 1.19 bits per heavy atom. The number of para-hydroxylation sites is 1. The average molecular weight is 275 g/mol. The van der Waals surface area contributed by atoms with Gasteiger partial charge < -0.3 is 4.42 Å². The van der Waals surface area contributed by atoms with Crippen LogP contribution in [0.15, 0.2) is 59.2 Å². The summed E-state index contributed by atoms with van der Waals surface area (Å²) in [4.78, 5) is 12.7. The summed E-state index contributed by atoms with van der Waals surface area (Å²) in [6, 6.07) is 16.9. The Labute approximate surface area is 122 Å². The number of Topliss-reactive ketones (excluding diaryl/α,β-unsaturated/α-hetero) is 1. The van der Waals surface area contributed by atoms with Crippen LogP contribution in [0.3, 0.4) is 0 Å². The Balaban J connectivity index is 2.06. The van der Waals surface area contributed by atoms with E-state index in [1.165, 1.54) is 6.26 Å². The van der Waals surface area contributed by atoms with Crippen molar-refractivity contribution in [2.24, 2.45) is 0 Å². The summed E-state index contributed by atoms with van der Waals surface area (Å²) in [5.41, 5.74) is 2.85. The molecule has 3 aromatic rings. The van der Waals surface area contributed by atoms with E-state index in [4.69, 9.17) is 4.42 Å². The van der Waals surface area contributed by atoms with Gasteiger partial charge in [-0.3, -0.25) is 4.79 Å². The van der Waals surface area contributed by atoms with Crippen molar-refractivity contribution in [3.05, 3.63) is 71.5 Å². The lowest BCUT2D eigenvalue weighted by Crippen LogP contribution is -2.11. The molecule has 1 heterocycles. The third kappa shape index (κ3) is 2.32. The van der Waals surface area contributed by atoms with E-state index in [2.05, 4.69) is 6.07 Å². The summed E-state index contributed by atoms with van der Waals surface area (Å²) >= 11 is 0. The lowest BCUT2D eigenvalue weighted by molar-refractivity contribution is 0.0979. The minimum atomic E-state index is -0.814. The number of hydrogen-bond donors (Lipinski definition) is 0. The zero-order valence-electron chi connectivity index (χ0n) is 11.5. The van der Waals surface area contributed by atoms with Crippen LogP contribution in [-0.2, 0) is 0 Å². The number of ketones is 1. The number of carbonyl (C=O) groups excluding carboxylic acids is 1. The van der Waals surface area contributed by atoms with Crippen LogP contribution in [0.2, 0.25) is 0 Å². The third-order valence-electron chi connectivity index (χ3n) is 3.51. The van der Waals surface area contributed by atoms with Gasteiger partial charge >= 0.3 is 0 Å². The highest BCUT2D eigenvalue weighted by Gasteiger charge is 2.24. The highest BCUT2D eigenvalue weighted by Crippen LogP contribution is 2.27. The second-order valence-electron chi connectivity index (χ2n) is 4.99. The summed E-state index contributed by atoms with van der Waals surface area (Å²) in [5, 5.41) is 10.2. The van der Waals surface area contributed by atoms with Gasteiger partial charge in [0.2, 0.25) is 0 Å². The zero-order valence-corrected chi connectivity index (χ0v) is 11.5. The summed E-state index contributed by atoms with van der Waals surface area (Å²) in [6.45, 7) is 1.94. The Morgan fingerprint density at radius 2 is 2.00 bits per heavy atom. The molecule has 21 heavy (non-hydrogen) atoms. The molecule has 0 aliphatic heterocycles. The van der Waals surface area contributed by atoms with Crippen LogP contribution in [0.5, 0.6) is 0 Å². The van der Waals surface area contributed by atoms with Crippen molar-refractivity contribution in [1.29, 1.82) is 5.26 Å². The molecule has 102 valence electrons. The lowest BCUT2D eigenvalue weighted by atomic mass is 9.91. The first kappa shape index (κ1) is 13.1. The third-order valence-corrected chi connectivity index (χ3v) is 3.51. The van der Waals surface area contributed by atoms with Crippen LogP contribution < -0.4 is 0 Å². The number of aryl methyl sites for hydroxylation is 1. The van der Waals surface area contributed by atoms with Gasteiger partial charge in [-0.05, 0) is 18.6 Å². The summed E-state index contributed by atoms with van der Waals surface area (Å²) in [6.07, 6.45) is 1.44. The average Bonchev–Trinajstić information content (AvgIpc) is 2.92. The van der Waals surface area contributed by atoms with Gasteiger partial charge in [-0.15, -0.1) is 0 Å². The smallest absolute Gasteiger partial charge is 0.188 e. The van der Waals surface area contributed by atoms with Gasteiger partial charge in [0.25, 0.3) is 0 Å². The highest BCUT2D eigenvalue weighted by molar-refractivity contribution is 6.11. The van der Waals surface area contributed by atoms with E-state index in [0.717, 1.165) is 10.9 Å². The molecule has 0 bridgehead atoms. The van der Waals surface area contributed by atoms with Crippen molar-refractivity contribution in [2.75, 3.05) is 0 Å².